The molecule has 0 atom stereocenters. The average molecular weight is 401 g/mol. The van der Waals surface area contributed by atoms with E-state index < -0.39 is 11.9 Å². The molecule has 0 aliphatic rings. The molecule has 9 heteroatoms. The first-order valence-corrected chi connectivity index (χ1v) is 8.97. The van der Waals surface area contributed by atoms with Crippen molar-refractivity contribution >= 4 is 29.0 Å². The van der Waals surface area contributed by atoms with Crippen molar-refractivity contribution in [2.75, 3.05) is 12.0 Å². The Hall–Kier alpha value is -3.46. The molecule has 0 bridgehead atoms. The van der Waals surface area contributed by atoms with Crippen LogP contribution in [0.3, 0.4) is 0 Å². The summed E-state index contributed by atoms with van der Waals surface area (Å²) in [4.78, 5) is 20.1. The van der Waals surface area contributed by atoms with Crippen LogP contribution in [0.15, 0.2) is 48.5 Å². The van der Waals surface area contributed by atoms with E-state index in [1.54, 1.807) is 18.2 Å². The Morgan fingerprint density at radius 1 is 1.11 bits per heavy atom. The largest absolute Gasteiger partial charge is 0.481 e. The summed E-state index contributed by atoms with van der Waals surface area (Å²) in [5.41, 5.74) is 1.96. The van der Waals surface area contributed by atoms with E-state index in [1.807, 2.05) is 31.2 Å². The highest BCUT2D eigenvalue weighted by molar-refractivity contribution is 7.14. The molecule has 3 rings (SSSR count). The van der Waals surface area contributed by atoms with Crippen LogP contribution in [0.4, 0.5) is 5.69 Å². The van der Waals surface area contributed by atoms with Crippen LogP contribution in [0.1, 0.15) is 22.3 Å². The lowest BCUT2D eigenvalue weighted by atomic mass is 10.2. The van der Waals surface area contributed by atoms with E-state index >= 15 is 0 Å². The standard InChI is InChI=1S/C17H15N3O3S.C2H4O2/c1-11-19-20-16(24-11)12-5-4-6-13(9-12)18-10-23-15-8-3-2-7-14(15)17(21)22;1-2(3)4/h2-9,18H,10H2,1H3,(H,21,22);1H3,(H,3,4). The van der Waals surface area contributed by atoms with Gasteiger partial charge in [0.1, 0.15) is 21.3 Å². The minimum atomic E-state index is -1.01. The van der Waals surface area contributed by atoms with Crippen molar-refractivity contribution in [3.8, 4) is 16.3 Å². The molecule has 28 heavy (non-hydrogen) atoms. The van der Waals surface area contributed by atoms with E-state index in [0.29, 0.717) is 5.75 Å². The number of hydrogen-bond donors (Lipinski definition) is 3. The number of nitrogens with one attached hydrogen (secondary N) is 1. The number of aromatic nitrogens is 2. The molecular weight excluding hydrogens is 382 g/mol. The van der Waals surface area contributed by atoms with E-state index in [1.165, 1.54) is 17.4 Å². The lowest BCUT2D eigenvalue weighted by molar-refractivity contribution is -0.134. The van der Waals surface area contributed by atoms with E-state index in [0.717, 1.165) is 28.2 Å². The number of anilines is 1. The van der Waals surface area contributed by atoms with Gasteiger partial charge in [-0.05, 0) is 31.2 Å². The number of para-hydroxylation sites is 1. The summed E-state index contributed by atoms with van der Waals surface area (Å²) in [6.07, 6.45) is 0. The van der Waals surface area contributed by atoms with Gasteiger partial charge in [0.15, 0.2) is 6.73 Å². The average Bonchev–Trinajstić information content (AvgIpc) is 3.08. The summed E-state index contributed by atoms with van der Waals surface area (Å²) in [5, 5.41) is 29.6. The number of hydrogen-bond acceptors (Lipinski definition) is 7. The van der Waals surface area contributed by atoms with Crippen LogP contribution in [0, 0.1) is 6.92 Å². The van der Waals surface area contributed by atoms with Crippen LogP contribution in [-0.4, -0.2) is 39.1 Å². The van der Waals surface area contributed by atoms with Gasteiger partial charge in [-0.1, -0.05) is 35.6 Å². The quantitative estimate of drug-likeness (QED) is 0.534. The summed E-state index contributed by atoms with van der Waals surface area (Å²) >= 11 is 1.53. The Balaban J connectivity index is 0.000000640. The molecule has 0 spiro atoms. The van der Waals surface area contributed by atoms with Crippen LogP contribution < -0.4 is 10.1 Å². The van der Waals surface area contributed by atoms with Gasteiger partial charge in [-0.2, -0.15) is 0 Å². The second-order valence-corrected chi connectivity index (χ2v) is 6.67. The van der Waals surface area contributed by atoms with Gasteiger partial charge in [-0.15, -0.1) is 10.2 Å². The zero-order chi connectivity index (χ0) is 20.5. The molecule has 8 nitrogen and oxygen atoms in total. The summed E-state index contributed by atoms with van der Waals surface area (Å²) in [6.45, 7) is 3.15. The summed E-state index contributed by atoms with van der Waals surface area (Å²) in [5.74, 6) is -1.52. The van der Waals surface area contributed by atoms with E-state index in [4.69, 9.17) is 19.7 Å². The molecule has 0 saturated carbocycles. The van der Waals surface area contributed by atoms with Crippen LogP contribution >= 0.6 is 11.3 Å². The molecular formula is C19H19N3O5S. The molecule has 3 N–H and O–H groups in total. The summed E-state index contributed by atoms with van der Waals surface area (Å²) < 4.78 is 5.53. The minimum Gasteiger partial charge on any atom is -0.481 e. The maximum atomic E-state index is 11.1. The number of rotatable bonds is 6. The van der Waals surface area contributed by atoms with Gasteiger partial charge < -0.3 is 20.3 Å². The Bertz CT molecular complexity index is 954. The second-order valence-electron chi connectivity index (χ2n) is 5.49. The van der Waals surface area contributed by atoms with Crippen molar-refractivity contribution < 1.29 is 24.5 Å². The molecule has 0 aliphatic carbocycles. The maximum Gasteiger partial charge on any atom is 0.339 e. The van der Waals surface area contributed by atoms with E-state index in [2.05, 4.69) is 15.5 Å². The van der Waals surface area contributed by atoms with Crippen molar-refractivity contribution in [1.82, 2.24) is 10.2 Å². The smallest absolute Gasteiger partial charge is 0.339 e. The number of ether oxygens (including phenoxy) is 1. The molecule has 0 fully saturated rings. The zero-order valence-corrected chi connectivity index (χ0v) is 16.1. The first-order chi connectivity index (χ1) is 13.4. The predicted octanol–water partition coefficient (Wildman–Crippen LogP) is 3.75. The molecule has 0 unspecified atom stereocenters. The lowest BCUT2D eigenvalue weighted by Gasteiger charge is -2.11. The fourth-order valence-corrected chi connectivity index (χ4v) is 2.83. The van der Waals surface area contributed by atoms with Crippen LogP contribution in [-0.2, 0) is 4.79 Å². The van der Waals surface area contributed by atoms with Crippen molar-refractivity contribution in [3.63, 3.8) is 0 Å². The number of nitrogens with zero attached hydrogens (tertiary/aromatic N) is 2. The summed E-state index contributed by atoms with van der Waals surface area (Å²) in [7, 11) is 0. The molecule has 3 aromatic rings. The van der Waals surface area contributed by atoms with Crippen molar-refractivity contribution in [1.29, 1.82) is 0 Å². The van der Waals surface area contributed by atoms with E-state index in [9.17, 15) is 4.79 Å². The first kappa shape index (κ1) is 20.8. The Kier molecular flexibility index (Phi) is 7.46. The number of aromatic carboxylic acids is 1. The SMILES string of the molecule is CC(=O)O.Cc1nnc(-c2cccc(NCOc3ccccc3C(=O)O)c2)s1. The molecule has 0 amide bonds. The van der Waals surface area contributed by atoms with Gasteiger partial charge in [0, 0.05) is 18.2 Å². The Morgan fingerprint density at radius 3 is 2.46 bits per heavy atom. The molecule has 1 heterocycles. The van der Waals surface area contributed by atoms with Gasteiger partial charge >= 0.3 is 5.97 Å². The van der Waals surface area contributed by atoms with Gasteiger partial charge in [0.05, 0.1) is 0 Å². The first-order valence-electron chi connectivity index (χ1n) is 8.16. The van der Waals surface area contributed by atoms with Gasteiger partial charge in [0.2, 0.25) is 0 Å². The highest BCUT2D eigenvalue weighted by atomic mass is 32.1. The van der Waals surface area contributed by atoms with Crippen LogP contribution in [0.25, 0.3) is 10.6 Å². The topological polar surface area (TPSA) is 122 Å². The predicted molar refractivity (Wildman–Crippen MR) is 106 cm³/mol. The Morgan fingerprint density at radius 2 is 1.82 bits per heavy atom. The number of aliphatic carboxylic acids is 1. The third kappa shape index (κ3) is 6.36. The normalized spacial score (nSPS) is 9.79. The van der Waals surface area contributed by atoms with Gasteiger partial charge in [0.25, 0.3) is 5.97 Å². The van der Waals surface area contributed by atoms with Crippen LogP contribution in [0.2, 0.25) is 0 Å². The highest BCUT2D eigenvalue weighted by Crippen LogP contribution is 2.25. The molecule has 0 radical (unpaired) electrons. The molecule has 0 aliphatic heterocycles. The zero-order valence-electron chi connectivity index (χ0n) is 15.2. The Labute approximate surface area is 165 Å². The second kappa shape index (κ2) is 10.0. The number of carboxylic acid groups (broad SMARTS) is 2. The fourth-order valence-electron chi connectivity index (χ4n) is 2.14. The highest BCUT2D eigenvalue weighted by Gasteiger charge is 2.10. The number of benzene rings is 2. The number of carboxylic acids is 2. The maximum absolute atomic E-state index is 11.1. The van der Waals surface area contributed by atoms with E-state index in [-0.39, 0.29) is 12.3 Å². The molecule has 146 valence electrons. The van der Waals surface area contributed by atoms with Crippen molar-refractivity contribution in [2.45, 2.75) is 13.8 Å². The molecule has 1 aromatic heterocycles. The molecule has 2 aromatic carbocycles. The number of aryl methyl sites for hydroxylation is 1. The minimum absolute atomic E-state index is 0.136. The van der Waals surface area contributed by atoms with Crippen molar-refractivity contribution in [3.05, 3.63) is 59.1 Å². The summed E-state index contributed by atoms with van der Waals surface area (Å²) in [6, 6.07) is 14.3. The van der Waals surface area contributed by atoms with Crippen molar-refractivity contribution in [2.24, 2.45) is 0 Å². The monoisotopic (exact) mass is 401 g/mol. The van der Waals surface area contributed by atoms with Gasteiger partial charge in [-0.25, -0.2) is 4.79 Å². The van der Waals surface area contributed by atoms with Crippen LogP contribution in [0.5, 0.6) is 5.75 Å². The number of carbonyl (C=O) groups is 2. The third-order valence-electron chi connectivity index (χ3n) is 3.26. The lowest BCUT2D eigenvalue weighted by Crippen LogP contribution is -2.11. The molecule has 0 saturated heterocycles. The third-order valence-corrected chi connectivity index (χ3v) is 4.14. The fraction of sp³-hybridized carbons (Fsp3) is 0.158. The van der Waals surface area contributed by atoms with Gasteiger partial charge in [-0.3, -0.25) is 4.79 Å².